The molecule has 5 atom stereocenters. The zero-order valence-electron chi connectivity index (χ0n) is 24.6. The summed E-state index contributed by atoms with van der Waals surface area (Å²) in [6.07, 6.45) is 1.27. The number of halogens is 1. The third-order valence-corrected chi connectivity index (χ3v) is 8.89. The summed E-state index contributed by atoms with van der Waals surface area (Å²) in [5, 5.41) is 0. The van der Waals surface area contributed by atoms with Crippen molar-refractivity contribution in [2.24, 2.45) is 5.92 Å². The van der Waals surface area contributed by atoms with Crippen LogP contribution in [0.2, 0.25) is 0 Å². The van der Waals surface area contributed by atoms with Gasteiger partial charge in [0.05, 0.1) is 25.4 Å². The van der Waals surface area contributed by atoms with Gasteiger partial charge in [0.15, 0.2) is 0 Å². The molecule has 5 rings (SSSR count). The summed E-state index contributed by atoms with van der Waals surface area (Å²) < 4.78 is 21.6. The molecule has 4 aromatic rings. The molecule has 1 aliphatic heterocycles. The van der Waals surface area contributed by atoms with Gasteiger partial charge in [0.2, 0.25) is 0 Å². The van der Waals surface area contributed by atoms with Crippen molar-refractivity contribution < 1.29 is 14.2 Å². The van der Waals surface area contributed by atoms with Crippen molar-refractivity contribution in [1.82, 2.24) is 0 Å². The normalized spacial score (nSPS) is 22.5. The van der Waals surface area contributed by atoms with Crippen molar-refractivity contribution in [2.75, 3.05) is 0 Å². The van der Waals surface area contributed by atoms with Crippen LogP contribution in [0.25, 0.3) is 0 Å². The van der Waals surface area contributed by atoms with E-state index in [0.717, 1.165) is 22.9 Å². The van der Waals surface area contributed by atoms with Crippen LogP contribution in [0.4, 0.5) is 0 Å². The average molecular weight is 614 g/mol. The number of hydrogen-bond donors (Lipinski definition) is 0. The fourth-order valence-electron chi connectivity index (χ4n) is 5.99. The second-order valence-electron chi connectivity index (χ2n) is 11.3. The van der Waals surface area contributed by atoms with E-state index in [1.165, 1.54) is 33.4 Å². The van der Waals surface area contributed by atoms with E-state index in [0.29, 0.717) is 13.2 Å². The summed E-state index contributed by atoms with van der Waals surface area (Å²) in [6.45, 7) is 9.92. The number of benzene rings is 4. The van der Waals surface area contributed by atoms with E-state index in [1.54, 1.807) is 0 Å². The maximum absolute atomic E-state index is 6.95. The molecule has 3 nitrogen and oxygen atoms in total. The number of hydrogen-bond acceptors (Lipinski definition) is 3. The number of ether oxygens (including phenoxy) is 3. The second-order valence-corrected chi connectivity index (χ2v) is 12.2. The topological polar surface area (TPSA) is 27.7 Å². The Kier molecular flexibility index (Phi) is 10.1. The molecule has 0 aliphatic carbocycles. The Morgan fingerprint density at radius 2 is 1.29 bits per heavy atom. The predicted molar refractivity (Wildman–Crippen MR) is 170 cm³/mol. The molecule has 1 fully saturated rings. The molecule has 4 heteroatoms. The quantitative estimate of drug-likeness (QED) is 0.178. The molecule has 4 aromatic carbocycles. The van der Waals surface area contributed by atoms with Crippen LogP contribution in [0.15, 0.2) is 102 Å². The van der Waals surface area contributed by atoms with Gasteiger partial charge >= 0.3 is 0 Å². The van der Waals surface area contributed by atoms with E-state index >= 15 is 0 Å². The molecule has 41 heavy (non-hydrogen) atoms. The monoisotopic (exact) mass is 612 g/mol. The third kappa shape index (κ3) is 7.37. The molecule has 0 spiro atoms. The van der Waals surface area contributed by atoms with Crippen molar-refractivity contribution in [3.8, 4) is 0 Å². The van der Waals surface area contributed by atoms with Crippen molar-refractivity contribution in [1.29, 1.82) is 0 Å². The molecule has 214 valence electrons. The molecular weight excluding hydrogens is 572 g/mol. The lowest BCUT2D eigenvalue weighted by molar-refractivity contribution is -0.235. The van der Waals surface area contributed by atoms with Crippen LogP contribution in [0.5, 0.6) is 0 Å². The SMILES string of the molecule is CC[C@H]1O[C@@H](c2cc(Cc3ccc(Br)cc3)c(C)cc2C)[C@H](OCc2ccccc2)[C@@H](OCc2ccccc2)[C@H]1C. The Labute approximate surface area is 254 Å². The highest BCUT2D eigenvalue weighted by Crippen LogP contribution is 2.42. The van der Waals surface area contributed by atoms with Crippen LogP contribution in [0.1, 0.15) is 65.3 Å². The van der Waals surface area contributed by atoms with E-state index in [1.807, 2.05) is 12.1 Å². The van der Waals surface area contributed by atoms with Gasteiger partial charge in [-0.3, -0.25) is 0 Å². The van der Waals surface area contributed by atoms with Gasteiger partial charge in [0.1, 0.15) is 12.2 Å². The molecule has 0 aromatic heterocycles. The molecule has 1 aliphatic rings. The van der Waals surface area contributed by atoms with Crippen molar-refractivity contribution in [3.05, 3.63) is 140 Å². The van der Waals surface area contributed by atoms with Crippen molar-refractivity contribution in [2.45, 2.75) is 78.2 Å². The van der Waals surface area contributed by atoms with Gasteiger partial charge in [-0.2, -0.15) is 0 Å². The van der Waals surface area contributed by atoms with Crippen LogP contribution in [0.3, 0.4) is 0 Å². The molecule has 0 radical (unpaired) electrons. The highest BCUT2D eigenvalue weighted by Gasteiger charge is 2.45. The maximum Gasteiger partial charge on any atom is 0.115 e. The minimum absolute atomic E-state index is 0.0768. The van der Waals surface area contributed by atoms with Crippen molar-refractivity contribution >= 4 is 15.9 Å². The van der Waals surface area contributed by atoms with E-state index < -0.39 is 0 Å². The summed E-state index contributed by atoms with van der Waals surface area (Å²) in [5.41, 5.74) is 8.63. The van der Waals surface area contributed by atoms with Gasteiger partial charge < -0.3 is 14.2 Å². The summed E-state index contributed by atoms with van der Waals surface area (Å²) >= 11 is 3.56. The van der Waals surface area contributed by atoms with E-state index in [4.69, 9.17) is 14.2 Å². The summed E-state index contributed by atoms with van der Waals surface area (Å²) in [7, 11) is 0. The molecule has 1 saturated heterocycles. The van der Waals surface area contributed by atoms with Gasteiger partial charge in [-0.25, -0.2) is 0 Å². The van der Waals surface area contributed by atoms with E-state index in [9.17, 15) is 0 Å². The summed E-state index contributed by atoms with van der Waals surface area (Å²) in [4.78, 5) is 0. The van der Waals surface area contributed by atoms with Gasteiger partial charge in [-0.1, -0.05) is 115 Å². The van der Waals surface area contributed by atoms with Crippen LogP contribution in [0, 0.1) is 19.8 Å². The van der Waals surface area contributed by atoms with E-state index in [-0.39, 0.29) is 30.3 Å². The van der Waals surface area contributed by atoms with E-state index in [2.05, 4.69) is 129 Å². The Morgan fingerprint density at radius 3 is 1.88 bits per heavy atom. The molecular formula is C37H41BrO3. The first-order valence-electron chi connectivity index (χ1n) is 14.7. The highest BCUT2D eigenvalue weighted by atomic mass is 79.9. The minimum atomic E-state index is -0.251. The Balaban J connectivity index is 1.50. The number of aryl methyl sites for hydroxylation is 2. The third-order valence-electron chi connectivity index (χ3n) is 8.36. The first-order valence-corrected chi connectivity index (χ1v) is 15.5. The Morgan fingerprint density at radius 1 is 0.707 bits per heavy atom. The Hall–Kier alpha value is -2.76. The van der Waals surface area contributed by atoms with Gasteiger partial charge in [0.25, 0.3) is 0 Å². The fraction of sp³-hybridized carbons (Fsp3) is 0.351. The van der Waals surface area contributed by atoms with Crippen LogP contribution in [-0.2, 0) is 33.8 Å². The highest BCUT2D eigenvalue weighted by molar-refractivity contribution is 9.10. The lowest BCUT2D eigenvalue weighted by Crippen LogP contribution is -2.52. The summed E-state index contributed by atoms with van der Waals surface area (Å²) in [6, 6.07) is 34.1. The van der Waals surface area contributed by atoms with Crippen molar-refractivity contribution in [3.63, 3.8) is 0 Å². The van der Waals surface area contributed by atoms with Gasteiger partial charge in [0, 0.05) is 10.4 Å². The fourth-order valence-corrected chi connectivity index (χ4v) is 6.25. The number of rotatable bonds is 10. The zero-order chi connectivity index (χ0) is 28.8. The first-order chi connectivity index (χ1) is 19.9. The molecule has 0 amide bonds. The van der Waals surface area contributed by atoms with Gasteiger partial charge in [-0.15, -0.1) is 0 Å². The largest absolute Gasteiger partial charge is 0.370 e. The molecule has 0 N–H and O–H groups in total. The average Bonchev–Trinajstić information content (AvgIpc) is 2.99. The molecule has 0 unspecified atom stereocenters. The smallest absolute Gasteiger partial charge is 0.115 e. The molecule has 0 bridgehead atoms. The maximum atomic E-state index is 6.95. The lowest BCUT2D eigenvalue weighted by atomic mass is 9.82. The second kappa shape index (κ2) is 13.9. The zero-order valence-corrected chi connectivity index (χ0v) is 26.1. The van der Waals surface area contributed by atoms with Crippen LogP contribution in [-0.4, -0.2) is 18.3 Å². The summed E-state index contributed by atoms with van der Waals surface area (Å²) in [5.74, 6) is 0.189. The Bertz CT molecular complexity index is 1390. The predicted octanol–water partition coefficient (Wildman–Crippen LogP) is 9.31. The van der Waals surface area contributed by atoms with Gasteiger partial charge in [-0.05, 0) is 77.8 Å². The lowest BCUT2D eigenvalue weighted by Gasteiger charge is -2.46. The molecule has 1 heterocycles. The minimum Gasteiger partial charge on any atom is -0.370 e. The van der Waals surface area contributed by atoms with Crippen LogP contribution >= 0.6 is 15.9 Å². The standard InChI is InChI=1S/C37H41BrO3/c1-5-34-27(4)35(39-23-29-12-8-6-9-13-29)37(40-24-30-14-10-7-11-15-30)36(41-34)33-22-31(25(2)20-26(33)3)21-28-16-18-32(38)19-17-28/h6-20,22,27,34-37H,5,21,23-24H2,1-4H3/t27-,34+,35-,36-,37+/m0/s1. The van der Waals surface area contributed by atoms with Crippen LogP contribution < -0.4 is 0 Å². The first kappa shape index (κ1) is 29.7. The molecule has 0 saturated carbocycles.